The van der Waals surface area contributed by atoms with Crippen LogP contribution >= 0.6 is 0 Å². The number of para-hydroxylation sites is 1. The van der Waals surface area contributed by atoms with Gasteiger partial charge in [-0.05, 0) is 24.6 Å². The second kappa shape index (κ2) is 3.17. The van der Waals surface area contributed by atoms with Crippen molar-refractivity contribution in [2.24, 2.45) is 0 Å². The van der Waals surface area contributed by atoms with E-state index in [1.807, 2.05) is 28.7 Å². The van der Waals surface area contributed by atoms with Crippen LogP contribution in [0, 0.1) is 6.92 Å². The van der Waals surface area contributed by atoms with Crippen molar-refractivity contribution >= 4 is 22.8 Å². The summed E-state index contributed by atoms with van der Waals surface area (Å²) in [5.74, 6) is 0. The Labute approximate surface area is 92.3 Å². The van der Waals surface area contributed by atoms with Crippen molar-refractivity contribution in [3.8, 4) is 0 Å². The van der Waals surface area contributed by atoms with E-state index in [1.165, 1.54) is 5.56 Å². The molecule has 0 bridgehead atoms. The lowest BCUT2D eigenvalue weighted by Crippen LogP contribution is -1.94. The summed E-state index contributed by atoms with van der Waals surface area (Å²) in [7, 11) is 0. The minimum absolute atomic E-state index is 0.589. The van der Waals surface area contributed by atoms with Gasteiger partial charge < -0.3 is 0 Å². The number of carbonyl (C=O) groups excluding carboxylic acids is 1. The van der Waals surface area contributed by atoms with Crippen LogP contribution in [-0.2, 0) is 0 Å². The molecule has 1 aromatic carbocycles. The maximum Gasteiger partial charge on any atom is 0.168 e. The fraction of sp³-hybridized carbons (Fsp3) is 0.0769. The summed E-state index contributed by atoms with van der Waals surface area (Å²) in [4.78, 5) is 15.2. The number of imidazole rings is 1. The van der Waals surface area contributed by atoms with Gasteiger partial charge in [0.1, 0.15) is 11.3 Å². The van der Waals surface area contributed by atoms with Crippen LogP contribution in [0.15, 0.2) is 36.5 Å². The molecule has 16 heavy (non-hydrogen) atoms. The number of aldehydes is 1. The fourth-order valence-corrected chi connectivity index (χ4v) is 2.10. The van der Waals surface area contributed by atoms with Crippen molar-refractivity contribution in [1.29, 1.82) is 0 Å². The number of pyridine rings is 1. The van der Waals surface area contributed by atoms with Gasteiger partial charge >= 0.3 is 0 Å². The third kappa shape index (κ3) is 1.08. The minimum atomic E-state index is 0.589. The molecule has 0 radical (unpaired) electrons. The molecule has 78 valence electrons. The van der Waals surface area contributed by atoms with E-state index >= 15 is 0 Å². The molecule has 0 aliphatic rings. The van der Waals surface area contributed by atoms with Gasteiger partial charge in [0.2, 0.25) is 0 Å². The lowest BCUT2D eigenvalue weighted by Gasteiger charge is -2.06. The van der Waals surface area contributed by atoms with Gasteiger partial charge in [0.25, 0.3) is 0 Å². The molecule has 0 amide bonds. The first-order chi connectivity index (χ1) is 7.81. The highest BCUT2D eigenvalue weighted by Gasteiger charge is 2.07. The van der Waals surface area contributed by atoms with Crippen LogP contribution in [0.4, 0.5) is 0 Å². The van der Waals surface area contributed by atoms with Crippen LogP contribution in [0.25, 0.3) is 16.6 Å². The summed E-state index contributed by atoms with van der Waals surface area (Å²) in [5.41, 5.74) is 3.60. The first kappa shape index (κ1) is 9.09. The molecule has 0 saturated carbocycles. The van der Waals surface area contributed by atoms with Crippen LogP contribution in [0.3, 0.4) is 0 Å². The van der Waals surface area contributed by atoms with Crippen molar-refractivity contribution in [1.82, 2.24) is 9.38 Å². The molecule has 0 saturated heterocycles. The average Bonchev–Trinajstić information content (AvgIpc) is 2.72. The molecule has 3 heteroatoms. The normalized spacial score (nSPS) is 11.1. The standard InChI is InChI=1S/C13H10N2O/c1-9-6-13-14-7-10(8-16)15(13)12-5-3-2-4-11(9)12/h2-8H,1H3. The van der Waals surface area contributed by atoms with E-state index in [4.69, 9.17) is 0 Å². The third-order valence-electron chi connectivity index (χ3n) is 2.85. The van der Waals surface area contributed by atoms with E-state index in [2.05, 4.69) is 18.0 Å². The maximum absolute atomic E-state index is 10.9. The van der Waals surface area contributed by atoms with Crippen LogP contribution in [0.5, 0.6) is 0 Å². The molecule has 0 unspecified atom stereocenters. The highest BCUT2D eigenvalue weighted by molar-refractivity contribution is 5.88. The number of fused-ring (bicyclic) bond motifs is 3. The second-order valence-corrected chi connectivity index (χ2v) is 3.84. The van der Waals surface area contributed by atoms with Crippen molar-refractivity contribution in [2.45, 2.75) is 6.92 Å². The van der Waals surface area contributed by atoms with E-state index < -0.39 is 0 Å². The molecule has 2 aromatic heterocycles. The van der Waals surface area contributed by atoms with Crippen LogP contribution in [-0.4, -0.2) is 15.7 Å². The van der Waals surface area contributed by atoms with Gasteiger partial charge in [0.05, 0.1) is 11.7 Å². The number of hydrogen-bond donors (Lipinski definition) is 0. The van der Waals surface area contributed by atoms with Gasteiger partial charge in [-0.25, -0.2) is 4.98 Å². The van der Waals surface area contributed by atoms with Crippen LogP contribution in [0.2, 0.25) is 0 Å². The Morgan fingerprint density at radius 3 is 2.94 bits per heavy atom. The number of carbonyl (C=O) groups is 1. The van der Waals surface area contributed by atoms with E-state index in [0.29, 0.717) is 5.69 Å². The Morgan fingerprint density at radius 1 is 1.31 bits per heavy atom. The molecular weight excluding hydrogens is 200 g/mol. The van der Waals surface area contributed by atoms with Crippen LogP contribution in [0.1, 0.15) is 16.1 Å². The average molecular weight is 210 g/mol. The minimum Gasteiger partial charge on any atom is -0.296 e. The third-order valence-corrected chi connectivity index (χ3v) is 2.85. The molecule has 3 rings (SSSR count). The summed E-state index contributed by atoms with van der Waals surface area (Å²) >= 11 is 0. The first-order valence-corrected chi connectivity index (χ1v) is 5.12. The van der Waals surface area contributed by atoms with Crippen molar-refractivity contribution in [3.05, 3.63) is 47.8 Å². The molecule has 2 heterocycles. The summed E-state index contributed by atoms with van der Waals surface area (Å²) in [5, 5.41) is 1.15. The van der Waals surface area contributed by atoms with Crippen molar-refractivity contribution < 1.29 is 4.79 Å². The predicted octanol–water partition coefficient (Wildman–Crippen LogP) is 2.61. The highest BCUT2D eigenvalue weighted by atomic mass is 16.1. The summed E-state index contributed by atoms with van der Waals surface area (Å²) in [6.07, 6.45) is 2.44. The summed E-state index contributed by atoms with van der Waals surface area (Å²) in [6, 6.07) is 10.0. The highest BCUT2D eigenvalue weighted by Crippen LogP contribution is 2.21. The van der Waals surface area contributed by atoms with Gasteiger partial charge in [0, 0.05) is 5.39 Å². The summed E-state index contributed by atoms with van der Waals surface area (Å²) < 4.78 is 1.88. The van der Waals surface area contributed by atoms with E-state index in [-0.39, 0.29) is 0 Å². The quantitative estimate of drug-likeness (QED) is 0.578. The Balaban J connectivity index is 2.64. The second-order valence-electron chi connectivity index (χ2n) is 3.84. The Kier molecular flexibility index (Phi) is 1.80. The van der Waals surface area contributed by atoms with E-state index in [0.717, 1.165) is 22.8 Å². The zero-order chi connectivity index (χ0) is 11.1. The van der Waals surface area contributed by atoms with Gasteiger partial charge in [-0.2, -0.15) is 0 Å². The van der Waals surface area contributed by atoms with Gasteiger partial charge in [-0.15, -0.1) is 0 Å². The smallest absolute Gasteiger partial charge is 0.168 e. The lowest BCUT2D eigenvalue weighted by molar-refractivity contribution is 0.111. The number of benzene rings is 1. The number of rotatable bonds is 1. The zero-order valence-corrected chi connectivity index (χ0v) is 8.84. The Morgan fingerprint density at radius 2 is 2.12 bits per heavy atom. The zero-order valence-electron chi connectivity index (χ0n) is 8.84. The number of nitrogens with zero attached hydrogens (tertiary/aromatic N) is 2. The van der Waals surface area contributed by atoms with Gasteiger partial charge in [-0.3, -0.25) is 9.20 Å². The molecule has 0 fully saturated rings. The Hall–Kier alpha value is -2.16. The van der Waals surface area contributed by atoms with E-state index in [1.54, 1.807) is 6.20 Å². The maximum atomic E-state index is 10.9. The number of aryl methyl sites for hydroxylation is 1. The molecule has 0 aliphatic heterocycles. The summed E-state index contributed by atoms with van der Waals surface area (Å²) in [6.45, 7) is 2.05. The molecule has 0 atom stereocenters. The number of aromatic nitrogens is 2. The fourth-order valence-electron chi connectivity index (χ4n) is 2.10. The monoisotopic (exact) mass is 210 g/mol. The number of hydrogen-bond acceptors (Lipinski definition) is 2. The molecule has 3 nitrogen and oxygen atoms in total. The molecule has 0 N–H and O–H groups in total. The van der Waals surface area contributed by atoms with Crippen LogP contribution < -0.4 is 0 Å². The van der Waals surface area contributed by atoms with Crippen molar-refractivity contribution in [3.63, 3.8) is 0 Å². The molecular formula is C13H10N2O. The lowest BCUT2D eigenvalue weighted by atomic mass is 10.1. The molecule has 0 aliphatic carbocycles. The predicted molar refractivity (Wildman–Crippen MR) is 62.8 cm³/mol. The topological polar surface area (TPSA) is 34.4 Å². The molecule has 3 aromatic rings. The van der Waals surface area contributed by atoms with Crippen molar-refractivity contribution in [2.75, 3.05) is 0 Å². The Bertz CT molecular complexity index is 698. The van der Waals surface area contributed by atoms with Gasteiger partial charge in [0.15, 0.2) is 6.29 Å². The largest absolute Gasteiger partial charge is 0.296 e. The first-order valence-electron chi connectivity index (χ1n) is 5.12. The van der Waals surface area contributed by atoms with Gasteiger partial charge in [-0.1, -0.05) is 18.2 Å². The SMILES string of the molecule is Cc1cc2ncc(C=O)n2c2ccccc12. The molecule has 0 spiro atoms. The van der Waals surface area contributed by atoms with E-state index in [9.17, 15) is 4.79 Å².